The normalized spacial score (nSPS) is 16.2. The highest BCUT2D eigenvalue weighted by atomic mass is 16.3. The first-order valence-corrected chi connectivity index (χ1v) is 29.0. The van der Waals surface area contributed by atoms with Crippen LogP contribution in [0.2, 0.25) is 0 Å². The molecule has 0 amide bonds. The zero-order valence-corrected chi connectivity index (χ0v) is 48.0. The standard InChI is InChI=1S/C68H76N8O2/c1-13-21-41-29-57-61-25-26-62(77-61)58-30-42(22-14-2)50(70-58)34-55-47(19-7)39(11)67(75-55)68-40(12)48(20-8)56(76-68)36-52-44(24-16-4)32-60(72-52)64-28-27-63(78-64)59-31-43(23-15-3)51(71-59)35-54-46(18-6)38(10)66(74-54)65-37(9)45(17-5)53(73-65)33-49(41)69-57/h25-36,69,72,74-75H,13-24H2,1-12H3. The van der Waals surface area contributed by atoms with Crippen LogP contribution in [0.25, 0.3) is 47.1 Å². The number of aromatic nitrogens is 4. The van der Waals surface area contributed by atoms with Gasteiger partial charge in [-0.15, -0.1) is 0 Å². The molecule has 11 rings (SSSR count). The van der Waals surface area contributed by atoms with Crippen molar-refractivity contribution in [3.63, 3.8) is 0 Å². The molecule has 6 aromatic rings. The lowest BCUT2D eigenvalue weighted by Gasteiger charge is -2.01. The summed E-state index contributed by atoms with van der Waals surface area (Å²) in [6.07, 6.45) is 24.6. The highest BCUT2D eigenvalue weighted by molar-refractivity contribution is 6.27. The number of aryl methyl sites for hydroxylation is 2. The number of hydrogen-bond acceptors (Lipinski definition) is 6. The number of nitrogens with one attached hydrogen (secondary N) is 4. The van der Waals surface area contributed by atoms with Crippen molar-refractivity contribution in [3.8, 4) is 0 Å². The van der Waals surface area contributed by atoms with Crippen LogP contribution in [0, 0.1) is 35.4 Å². The predicted molar refractivity (Wildman–Crippen MR) is 322 cm³/mol. The summed E-state index contributed by atoms with van der Waals surface area (Å²) in [6.45, 7) is 26.8. The van der Waals surface area contributed by atoms with E-state index in [1.54, 1.807) is 0 Å². The number of furan rings is 2. The van der Waals surface area contributed by atoms with E-state index in [0.29, 0.717) is 0 Å². The maximum atomic E-state index is 6.75. The summed E-state index contributed by atoms with van der Waals surface area (Å²) in [7, 11) is 0. The van der Waals surface area contributed by atoms with Crippen molar-refractivity contribution in [2.45, 2.75) is 160 Å². The van der Waals surface area contributed by atoms with E-state index >= 15 is 0 Å². The zero-order chi connectivity index (χ0) is 54.5. The van der Waals surface area contributed by atoms with Crippen LogP contribution < -0.4 is 42.9 Å². The molecule has 0 saturated carbocycles. The van der Waals surface area contributed by atoms with E-state index in [1.807, 2.05) is 0 Å². The van der Waals surface area contributed by atoms with Crippen molar-refractivity contribution in [3.05, 3.63) is 180 Å². The quantitative estimate of drug-likeness (QED) is 0.0971. The van der Waals surface area contributed by atoms with E-state index in [-0.39, 0.29) is 0 Å². The summed E-state index contributed by atoms with van der Waals surface area (Å²) >= 11 is 0. The number of aromatic amines is 4. The van der Waals surface area contributed by atoms with Gasteiger partial charge in [0, 0.05) is 21.4 Å². The van der Waals surface area contributed by atoms with Crippen molar-refractivity contribution in [2.24, 2.45) is 20.0 Å². The van der Waals surface area contributed by atoms with Gasteiger partial charge in [-0.1, -0.05) is 81.1 Å². The van der Waals surface area contributed by atoms with Gasteiger partial charge >= 0.3 is 0 Å². The second-order valence-electron chi connectivity index (χ2n) is 21.6. The fourth-order valence-electron chi connectivity index (χ4n) is 12.5. The smallest absolute Gasteiger partial charge is 0.153 e. The van der Waals surface area contributed by atoms with Gasteiger partial charge in [-0.2, -0.15) is 0 Å². The van der Waals surface area contributed by atoms with Gasteiger partial charge < -0.3 is 28.8 Å². The molecule has 5 aliphatic rings. The van der Waals surface area contributed by atoms with Gasteiger partial charge in [-0.25, -0.2) is 20.0 Å². The Labute approximate surface area is 456 Å². The fourth-order valence-corrected chi connectivity index (χ4v) is 12.5. The molecule has 0 spiro atoms. The minimum absolute atomic E-state index is 0.750. The van der Waals surface area contributed by atoms with Crippen LogP contribution in [-0.4, -0.2) is 42.8 Å². The van der Waals surface area contributed by atoms with Crippen LogP contribution in [0.5, 0.6) is 0 Å². The van der Waals surface area contributed by atoms with E-state index in [4.69, 9.17) is 28.8 Å². The molecule has 4 N–H and O–H groups in total. The molecule has 6 aromatic heterocycles. The molecule has 0 fully saturated rings. The summed E-state index contributed by atoms with van der Waals surface area (Å²) in [5, 5.41) is 8.28. The highest BCUT2D eigenvalue weighted by Crippen LogP contribution is 2.30. The van der Waals surface area contributed by atoms with Crippen molar-refractivity contribution < 1.29 is 8.83 Å². The van der Waals surface area contributed by atoms with Gasteiger partial charge in [0.05, 0.1) is 55.6 Å². The molecule has 0 aromatic carbocycles. The molecule has 5 aliphatic heterocycles. The van der Waals surface area contributed by atoms with Crippen molar-refractivity contribution >= 4 is 69.9 Å². The summed E-state index contributed by atoms with van der Waals surface area (Å²) in [5.41, 5.74) is 25.5. The van der Waals surface area contributed by atoms with Gasteiger partial charge in [-0.05, 0) is 219 Å². The van der Waals surface area contributed by atoms with Gasteiger partial charge in [0.2, 0.25) is 0 Å². The summed E-state index contributed by atoms with van der Waals surface area (Å²) in [4.78, 5) is 36.9. The van der Waals surface area contributed by atoms with Crippen LogP contribution in [0.3, 0.4) is 0 Å². The van der Waals surface area contributed by atoms with Gasteiger partial charge in [-0.3, -0.25) is 0 Å². The summed E-state index contributed by atoms with van der Waals surface area (Å²) in [5.74, 6) is 0. The topological polar surface area (TPSA) is 139 Å². The molecule has 0 unspecified atom stereocenters. The predicted octanol–water partition coefficient (Wildman–Crippen LogP) is 9.80. The Hall–Kier alpha value is -7.72. The first-order valence-electron chi connectivity index (χ1n) is 29.0. The Kier molecular flexibility index (Phi) is 14.5. The van der Waals surface area contributed by atoms with E-state index in [2.05, 4.69) is 176 Å². The van der Waals surface area contributed by atoms with Crippen molar-refractivity contribution in [1.82, 2.24) is 19.9 Å². The van der Waals surface area contributed by atoms with E-state index in [0.717, 1.165) is 187 Å². The van der Waals surface area contributed by atoms with Crippen LogP contribution in [-0.2, 0) is 25.7 Å². The molecular weight excluding hydrogens is 961 g/mol. The third-order valence-electron chi connectivity index (χ3n) is 16.5. The van der Waals surface area contributed by atoms with Crippen LogP contribution in [0.4, 0.5) is 0 Å². The van der Waals surface area contributed by atoms with Crippen molar-refractivity contribution in [2.75, 3.05) is 0 Å². The number of fused-ring (bicyclic) bond motifs is 16. The van der Waals surface area contributed by atoms with Crippen LogP contribution >= 0.6 is 0 Å². The van der Waals surface area contributed by atoms with E-state index < -0.39 is 0 Å². The fraction of sp³-hybridized carbons (Fsp3) is 0.353. The molecule has 0 radical (unpaired) electrons. The second-order valence-corrected chi connectivity index (χ2v) is 21.6. The van der Waals surface area contributed by atoms with Gasteiger partial charge in [0.25, 0.3) is 0 Å². The molecule has 10 nitrogen and oxygen atoms in total. The third kappa shape index (κ3) is 9.30. The maximum Gasteiger partial charge on any atom is 0.153 e. The zero-order valence-electron chi connectivity index (χ0n) is 48.0. The average molecular weight is 1040 g/mol. The van der Waals surface area contributed by atoms with Crippen molar-refractivity contribution in [1.29, 1.82) is 0 Å². The Bertz CT molecular complexity index is 4220. The molecule has 10 heteroatoms. The maximum absolute atomic E-state index is 6.75. The molecule has 78 heavy (non-hydrogen) atoms. The number of H-pyrrole nitrogens is 4. The Morgan fingerprint density at radius 2 is 0.782 bits per heavy atom. The first kappa shape index (κ1) is 52.3. The monoisotopic (exact) mass is 1040 g/mol. The molecule has 11 heterocycles. The van der Waals surface area contributed by atoms with Crippen LogP contribution in [0.15, 0.2) is 111 Å². The Balaban J connectivity index is 1.20. The SMILES string of the molecule is CCCC1=CC2=c3ccc(o3)=c3cc(CCC)c([nH]3)=CC3=NC(=c4[nH]c(c(CC)c4C)=CC4=NC(=c5ccc(o5)=c5cc(CCC)c([nH]5)=CC5=NC(=c6[nH]c(c(CC)c6C)=CC1=N2)C(C)=C5CC)C=C4CCC)C(C)=C3CC. The molecule has 20 bridgehead atoms. The van der Waals surface area contributed by atoms with E-state index in [1.165, 1.54) is 66.8 Å². The molecule has 0 aliphatic carbocycles. The first-order chi connectivity index (χ1) is 37.9. The lowest BCUT2D eigenvalue weighted by molar-refractivity contribution is 0.500. The Morgan fingerprint density at radius 3 is 1.15 bits per heavy atom. The molecular formula is C68H76N8O2. The molecule has 0 atom stereocenters. The Morgan fingerprint density at radius 1 is 0.397 bits per heavy atom. The third-order valence-corrected chi connectivity index (χ3v) is 16.5. The lowest BCUT2D eigenvalue weighted by atomic mass is 10.0. The minimum Gasteiger partial charge on any atom is -0.453 e. The number of allylic oxidation sites excluding steroid dienone is 4. The van der Waals surface area contributed by atoms with Gasteiger partial charge in [0.15, 0.2) is 21.7 Å². The highest BCUT2D eigenvalue weighted by Gasteiger charge is 2.24. The number of nitrogens with zero attached hydrogens (tertiary/aromatic N) is 4. The largest absolute Gasteiger partial charge is 0.453 e. The number of rotatable bonds is 12. The molecule has 0 saturated heterocycles. The number of hydrogen-bond donors (Lipinski definition) is 4. The summed E-state index contributed by atoms with van der Waals surface area (Å²) < 4.78 is 13.5. The molecule has 400 valence electrons. The lowest BCUT2D eigenvalue weighted by Crippen LogP contribution is -2.16. The average Bonchev–Trinajstić information content (AvgIpc) is 4.40. The van der Waals surface area contributed by atoms with Crippen LogP contribution in [0.1, 0.15) is 154 Å². The summed E-state index contributed by atoms with van der Waals surface area (Å²) in [6, 6.07) is 12.8. The number of aliphatic imine (C=N–C) groups is 4. The minimum atomic E-state index is 0.750. The van der Waals surface area contributed by atoms with E-state index in [9.17, 15) is 0 Å². The second kappa shape index (κ2) is 21.6. The van der Waals surface area contributed by atoms with Gasteiger partial charge in [0.1, 0.15) is 11.4 Å².